The Labute approximate surface area is 135 Å². The van der Waals surface area contributed by atoms with Crippen LogP contribution in [0.1, 0.15) is 19.4 Å². The highest BCUT2D eigenvalue weighted by atomic mass is 16.1. The van der Waals surface area contributed by atoms with Gasteiger partial charge < -0.3 is 4.98 Å². The quantitative estimate of drug-likeness (QED) is 0.785. The van der Waals surface area contributed by atoms with E-state index in [9.17, 15) is 4.79 Å². The maximum absolute atomic E-state index is 12.2. The first-order valence-electron chi connectivity index (χ1n) is 8.02. The van der Waals surface area contributed by atoms with Crippen LogP contribution in [-0.4, -0.2) is 28.0 Å². The molecule has 23 heavy (non-hydrogen) atoms. The molecule has 3 rings (SSSR count). The first kappa shape index (κ1) is 15.4. The molecule has 0 spiro atoms. The Morgan fingerprint density at radius 2 is 1.83 bits per heavy atom. The molecule has 0 amide bonds. The summed E-state index contributed by atoms with van der Waals surface area (Å²) in [6, 6.07) is 15.6. The number of H-pyrrole nitrogens is 1. The molecule has 0 radical (unpaired) electrons. The maximum Gasteiger partial charge on any atom is 0.259 e. The van der Waals surface area contributed by atoms with Gasteiger partial charge in [-0.1, -0.05) is 44.2 Å². The predicted octanol–water partition coefficient (Wildman–Crippen LogP) is 3.43. The second kappa shape index (κ2) is 6.75. The summed E-state index contributed by atoms with van der Waals surface area (Å²) >= 11 is 0. The largest absolute Gasteiger partial charge is 0.306 e. The molecule has 0 unspecified atom stereocenters. The van der Waals surface area contributed by atoms with Crippen LogP contribution in [0.3, 0.4) is 0 Å². The second-order valence-electron chi connectivity index (χ2n) is 5.59. The zero-order valence-electron chi connectivity index (χ0n) is 13.5. The normalized spacial score (nSPS) is 11.3. The second-order valence-corrected chi connectivity index (χ2v) is 5.59. The van der Waals surface area contributed by atoms with E-state index in [-0.39, 0.29) is 5.56 Å². The fraction of sp³-hybridized carbons (Fsp3) is 0.263. The molecule has 0 bridgehead atoms. The fourth-order valence-corrected chi connectivity index (χ4v) is 2.75. The molecule has 0 aliphatic heterocycles. The van der Waals surface area contributed by atoms with Crippen molar-refractivity contribution in [1.29, 1.82) is 0 Å². The van der Waals surface area contributed by atoms with Gasteiger partial charge in [0.15, 0.2) is 0 Å². The molecule has 0 atom stereocenters. The summed E-state index contributed by atoms with van der Waals surface area (Å²) in [4.78, 5) is 22.1. The van der Waals surface area contributed by atoms with Gasteiger partial charge in [0, 0.05) is 12.1 Å². The van der Waals surface area contributed by atoms with Gasteiger partial charge in [0.05, 0.1) is 10.9 Å². The predicted molar refractivity (Wildman–Crippen MR) is 94.4 cm³/mol. The third kappa shape index (κ3) is 3.32. The van der Waals surface area contributed by atoms with E-state index < -0.39 is 0 Å². The van der Waals surface area contributed by atoms with Gasteiger partial charge in [-0.05, 0) is 36.9 Å². The van der Waals surface area contributed by atoms with Crippen LogP contribution in [0.2, 0.25) is 0 Å². The number of para-hydroxylation sites is 1. The van der Waals surface area contributed by atoms with Crippen molar-refractivity contribution in [1.82, 2.24) is 14.9 Å². The topological polar surface area (TPSA) is 49.0 Å². The number of aromatic amines is 1. The van der Waals surface area contributed by atoms with Crippen LogP contribution in [0.25, 0.3) is 22.3 Å². The van der Waals surface area contributed by atoms with Gasteiger partial charge in [0.25, 0.3) is 5.56 Å². The lowest BCUT2D eigenvalue weighted by Gasteiger charge is -2.18. The number of aromatic nitrogens is 2. The van der Waals surface area contributed by atoms with Gasteiger partial charge in [-0.15, -0.1) is 0 Å². The Balaban J connectivity index is 2.00. The standard InChI is InChI=1S/C19H21N3O/c1-3-22(4-2)13-14-8-7-9-15(12-14)18-20-17-11-6-5-10-16(17)19(23)21-18/h5-12H,3-4,13H2,1-2H3,(H,20,21,23). The van der Waals surface area contributed by atoms with Gasteiger partial charge in [0.2, 0.25) is 0 Å². The lowest BCUT2D eigenvalue weighted by Crippen LogP contribution is -2.22. The van der Waals surface area contributed by atoms with E-state index in [1.165, 1.54) is 5.56 Å². The Kier molecular flexibility index (Phi) is 4.53. The first-order valence-corrected chi connectivity index (χ1v) is 8.02. The van der Waals surface area contributed by atoms with Crippen molar-refractivity contribution in [3.8, 4) is 11.4 Å². The third-order valence-electron chi connectivity index (χ3n) is 4.11. The minimum absolute atomic E-state index is 0.0975. The molecule has 1 N–H and O–H groups in total. The Morgan fingerprint density at radius 1 is 1.04 bits per heavy atom. The molecule has 4 heteroatoms. The average molecular weight is 307 g/mol. The summed E-state index contributed by atoms with van der Waals surface area (Å²) in [5, 5.41) is 0.621. The monoisotopic (exact) mass is 307 g/mol. The van der Waals surface area contributed by atoms with Crippen molar-refractivity contribution in [3.05, 3.63) is 64.4 Å². The van der Waals surface area contributed by atoms with E-state index in [1.807, 2.05) is 30.3 Å². The van der Waals surface area contributed by atoms with Crippen LogP contribution in [0, 0.1) is 0 Å². The lowest BCUT2D eigenvalue weighted by atomic mass is 10.1. The fourth-order valence-electron chi connectivity index (χ4n) is 2.75. The number of nitrogens with one attached hydrogen (secondary N) is 1. The van der Waals surface area contributed by atoms with Crippen molar-refractivity contribution in [2.45, 2.75) is 20.4 Å². The van der Waals surface area contributed by atoms with E-state index in [4.69, 9.17) is 0 Å². The Morgan fingerprint density at radius 3 is 2.61 bits per heavy atom. The van der Waals surface area contributed by atoms with Gasteiger partial charge in [-0.3, -0.25) is 9.69 Å². The molecule has 0 fully saturated rings. The summed E-state index contributed by atoms with van der Waals surface area (Å²) in [5.41, 5.74) is 2.79. The van der Waals surface area contributed by atoms with E-state index in [0.29, 0.717) is 11.2 Å². The summed E-state index contributed by atoms with van der Waals surface area (Å²) in [6.45, 7) is 7.27. The smallest absolute Gasteiger partial charge is 0.259 e. The molecule has 4 nitrogen and oxygen atoms in total. The minimum atomic E-state index is -0.0975. The molecule has 1 heterocycles. The zero-order chi connectivity index (χ0) is 16.2. The summed E-state index contributed by atoms with van der Waals surface area (Å²) in [5.74, 6) is 0.620. The summed E-state index contributed by atoms with van der Waals surface area (Å²) in [7, 11) is 0. The van der Waals surface area contributed by atoms with Crippen molar-refractivity contribution >= 4 is 10.9 Å². The van der Waals surface area contributed by atoms with Crippen molar-refractivity contribution < 1.29 is 0 Å². The highest BCUT2D eigenvalue weighted by Gasteiger charge is 2.07. The molecular formula is C19H21N3O. The molecule has 0 aliphatic rings. The summed E-state index contributed by atoms with van der Waals surface area (Å²) in [6.07, 6.45) is 0. The summed E-state index contributed by atoms with van der Waals surface area (Å²) < 4.78 is 0. The van der Waals surface area contributed by atoms with Crippen LogP contribution < -0.4 is 5.56 Å². The average Bonchev–Trinajstić information content (AvgIpc) is 2.60. The van der Waals surface area contributed by atoms with E-state index in [1.54, 1.807) is 6.07 Å². The number of hydrogen-bond donors (Lipinski definition) is 1. The minimum Gasteiger partial charge on any atom is -0.306 e. The number of nitrogens with zero attached hydrogens (tertiary/aromatic N) is 2. The molecule has 0 saturated carbocycles. The SMILES string of the molecule is CCN(CC)Cc1cccc(-c2nc3ccccc3c(=O)[nH]2)c1. The molecule has 0 aliphatic carbocycles. The molecule has 2 aromatic carbocycles. The van der Waals surface area contributed by atoms with E-state index >= 15 is 0 Å². The first-order chi connectivity index (χ1) is 11.2. The van der Waals surface area contributed by atoms with E-state index in [2.05, 4.69) is 40.8 Å². The van der Waals surface area contributed by atoms with Crippen molar-refractivity contribution in [2.24, 2.45) is 0 Å². The van der Waals surface area contributed by atoms with Gasteiger partial charge >= 0.3 is 0 Å². The highest BCUT2D eigenvalue weighted by Crippen LogP contribution is 2.18. The molecule has 1 aromatic heterocycles. The van der Waals surface area contributed by atoms with Crippen LogP contribution >= 0.6 is 0 Å². The van der Waals surface area contributed by atoms with Crippen molar-refractivity contribution in [3.63, 3.8) is 0 Å². The molecule has 118 valence electrons. The van der Waals surface area contributed by atoms with Crippen LogP contribution in [0.15, 0.2) is 53.3 Å². The number of fused-ring (bicyclic) bond motifs is 1. The maximum atomic E-state index is 12.2. The van der Waals surface area contributed by atoms with Gasteiger partial charge in [-0.2, -0.15) is 0 Å². The zero-order valence-corrected chi connectivity index (χ0v) is 13.5. The number of hydrogen-bond acceptors (Lipinski definition) is 3. The highest BCUT2D eigenvalue weighted by molar-refractivity contribution is 5.79. The van der Waals surface area contributed by atoms with Gasteiger partial charge in [0.1, 0.15) is 5.82 Å². The molecular weight excluding hydrogens is 286 g/mol. The van der Waals surface area contributed by atoms with Crippen LogP contribution in [-0.2, 0) is 6.54 Å². The Hall–Kier alpha value is -2.46. The lowest BCUT2D eigenvalue weighted by molar-refractivity contribution is 0.296. The van der Waals surface area contributed by atoms with Crippen LogP contribution in [0.4, 0.5) is 0 Å². The number of rotatable bonds is 5. The number of benzene rings is 2. The van der Waals surface area contributed by atoms with Gasteiger partial charge in [-0.25, -0.2) is 4.98 Å². The third-order valence-corrected chi connectivity index (χ3v) is 4.11. The Bertz CT molecular complexity index is 866. The van der Waals surface area contributed by atoms with E-state index in [0.717, 1.165) is 30.7 Å². The van der Waals surface area contributed by atoms with Crippen molar-refractivity contribution in [2.75, 3.05) is 13.1 Å². The molecule has 0 saturated heterocycles. The molecule has 3 aromatic rings. The van der Waals surface area contributed by atoms with Crippen LogP contribution in [0.5, 0.6) is 0 Å².